The largest absolute Gasteiger partial charge is 0.327 e. The zero-order valence-corrected chi connectivity index (χ0v) is 14.5. The fraction of sp³-hybridized carbons (Fsp3) is 0.435. The van der Waals surface area contributed by atoms with Crippen molar-refractivity contribution in [3.8, 4) is 11.4 Å². The van der Waals surface area contributed by atoms with Gasteiger partial charge in [-0.05, 0) is 72.6 Å². The average Bonchev–Trinajstić information content (AvgIpc) is 3.10. The van der Waals surface area contributed by atoms with E-state index in [2.05, 4.69) is 53.2 Å². The summed E-state index contributed by atoms with van der Waals surface area (Å²) < 4.78 is 2.54. The number of imidazole rings is 1. The van der Waals surface area contributed by atoms with Crippen LogP contribution in [0.1, 0.15) is 38.1 Å². The molecule has 2 aromatic carbocycles. The molecule has 3 aromatic rings. The lowest BCUT2D eigenvalue weighted by Crippen LogP contribution is -2.45. The van der Waals surface area contributed by atoms with E-state index in [9.17, 15) is 0 Å². The van der Waals surface area contributed by atoms with Gasteiger partial charge in [0.15, 0.2) is 0 Å². The first-order valence-corrected chi connectivity index (χ1v) is 9.87. The van der Waals surface area contributed by atoms with Crippen LogP contribution in [-0.4, -0.2) is 9.55 Å². The molecule has 0 spiro atoms. The van der Waals surface area contributed by atoms with Crippen LogP contribution < -0.4 is 0 Å². The molecular weight excluding hydrogens is 304 g/mol. The summed E-state index contributed by atoms with van der Waals surface area (Å²) in [5.74, 6) is 4.97. The molecule has 126 valence electrons. The van der Waals surface area contributed by atoms with Gasteiger partial charge in [-0.15, -0.1) is 0 Å². The number of rotatable bonds is 2. The van der Waals surface area contributed by atoms with Gasteiger partial charge in [0.25, 0.3) is 0 Å². The first kappa shape index (κ1) is 14.1. The lowest BCUT2D eigenvalue weighted by Gasteiger charge is -2.54. The summed E-state index contributed by atoms with van der Waals surface area (Å²) in [6.45, 7) is 0. The van der Waals surface area contributed by atoms with Crippen LogP contribution in [0.15, 0.2) is 54.9 Å². The third kappa shape index (κ3) is 2.13. The third-order valence-electron chi connectivity index (χ3n) is 7.17. The van der Waals surface area contributed by atoms with Crippen molar-refractivity contribution < 1.29 is 0 Å². The van der Waals surface area contributed by atoms with Gasteiger partial charge in [0, 0.05) is 24.0 Å². The van der Waals surface area contributed by atoms with Gasteiger partial charge in [-0.2, -0.15) is 0 Å². The molecule has 1 aromatic heterocycles. The smallest absolute Gasteiger partial charge is 0.140 e. The van der Waals surface area contributed by atoms with Crippen molar-refractivity contribution in [1.29, 1.82) is 0 Å². The van der Waals surface area contributed by atoms with E-state index in [1.54, 1.807) is 0 Å². The molecule has 4 bridgehead atoms. The normalized spacial score (nSPS) is 33.2. The Bertz CT molecular complexity index is 910. The van der Waals surface area contributed by atoms with E-state index in [4.69, 9.17) is 4.98 Å². The van der Waals surface area contributed by atoms with E-state index >= 15 is 0 Å². The molecule has 0 N–H and O–H groups in total. The minimum absolute atomic E-state index is 0.678. The summed E-state index contributed by atoms with van der Waals surface area (Å²) in [7, 11) is 0. The van der Waals surface area contributed by atoms with Crippen LogP contribution in [0.5, 0.6) is 0 Å². The van der Waals surface area contributed by atoms with E-state index in [-0.39, 0.29) is 0 Å². The van der Waals surface area contributed by atoms with Crippen molar-refractivity contribution >= 4 is 10.8 Å². The SMILES string of the molecule is c1ccc2cc(-c3nccn3C3C4CC5CC(C4)CC3C5)ccc2c1. The molecule has 4 fully saturated rings. The summed E-state index contributed by atoms with van der Waals surface area (Å²) >= 11 is 0. The zero-order chi connectivity index (χ0) is 16.4. The lowest BCUT2D eigenvalue weighted by atomic mass is 9.54. The number of hydrogen-bond acceptors (Lipinski definition) is 1. The first-order chi connectivity index (χ1) is 12.3. The van der Waals surface area contributed by atoms with E-state index < -0.39 is 0 Å². The minimum atomic E-state index is 0.678. The molecule has 25 heavy (non-hydrogen) atoms. The van der Waals surface area contributed by atoms with E-state index in [1.165, 1.54) is 54.3 Å². The zero-order valence-electron chi connectivity index (χ0n) is 14.5. The topological polar surface area (TPSA) is 17.8 Å². The summed E-state index contributed by atoms with van der Waals surface area (Å²) in [6, 6.07) is 16.1. The van der Waals surface area contributed by atoms with Crippen molar-refractivity contribution in [3.63, 3.8) is 0 Å². The van der Waals surface area contributed by atoms with Gasteiger partial charge in [-0.25, -0.2) is 4.98 Å². The Balaban J connectivity index is 1.43. The summed E-state index contributed by atoms with van der Waals surface area (Å²) in [4.78, 5) is 4.79. The maximum absolute atomic E-state index is 4.79. The molecule has 7 rings (SSSR count). The molecule has 4 aliphatic carbocycles. The lowest BCUT2D eigenvalue weighted by molar-refractivity contribution is -0.0285. The summed E-state index contributed by atoms with van der Waals surface area (Å²) in [6.07, 6.45) is 11.6. The monoisotopic (exact) mass is 328 g/mol. The quantitative estimate of drug-likeness (QED) is 0.590. The van der Waals surface area contributed by atoms with Crippen LogP contribution in [0.25, 0.3) is 22.2 Å². The van der Waals surface area contributed by atoms with Gasteiger partial charge in [0.2, 0.25) is 0 Å². The van der Waals surface area contributed by atoms with E-state index in [0.29, 0.717) is 6.04 Å². The molecule has 0 radical (unpaired) electrons. The Morgan fingerprint density at radius 3 is 2.28 bits per heavy atom. The number of aromatic nitrogens is 2. The summed E-state index contributed by atoms with van der Waals surface area (Å²) in [5.41, 5.74) is 1.26. The van der Waals surface area contributed by atoms with Crippen molar-refractivity contribution in [2.45, 2.75) is 38.1 Å². The van der Waals surface area contributed by atoms with E-state index in [0.717, 1.165) is 23.7 Å². The predicted molar refractivity (Wildman–Crippen MR) is 101 cm³/mol. The Morgan fingerprint density at radius 2 is 1.52 bits per heavy atom. The molecule has 0 saturated heterocycles. The second-order valence-corrected chi connectivity index (χ2v) is 8.64. The number of benzene rings is 2. The molecule has 1 heterocycles. The highest BCUT2D eigenvalue weighted by atomic mass is 15.1. The highest BCUT2D eigenvalue weighted by molar-refractivity contribution is 5.86. The number of nitrogens with zero attached hydrogens (tertiary/aromatic N) is 2. The number of fused-ring (bicyclic) bond motifs is 1. The predicted octanol–water partition coefficient (Wildman–Crippen LogP) is 5.70. The van der Waals surface area contributed by atoms with E-state index in [1.807, 2.05) is 6.20 Å². The highest BCUT2D eigenvalue weighted by Crippen LogP contribution is 2.58. The minimum Gasteiger partial charge on any atom is -0.327 e. The van der Waals surface area contributed by atoms with Crippen LogP contribution in [0.2, 0.25) is 0 Å². The van der Waals surface area contributed by atoms with Gasteiger partial charge in [-0.3, -0.25) is 0 Å². The molecule has 0 atom stereocenters. The van der Waals surface area contributed by atoms with Gasteiger partial charge in [0.05, 0.1) is 0 Å². The van der Waals surface area contributed by atoms with Gasteiger partial charge >= 0.3 is 0 Å². The first-order valence-electron chi connectivity index (χ1n) is 9.87. The molecule has 0 aliphatic heterocycles. The van der Waals surface area contributed by atoms with Crippen molar-refractivity contribution in [1.82, 2.24) is 9.55 Å². The van der Waals surface area contributed by atoms with Crippen LogP contribution in [0.4, 0.5) is 0 Å². The molecule has 2 nitrogen and oxygen atoms in total. The molecule has 0 unspecified atom stereocenters. The summed E-state index contributed by atoms with van der Waals surface area (Å²) in [5, 5.41) is 2.61. The Hall–Kier alpha value is -2.09. The fourth-order valence-electron chi connectivity index (χ4n) is 6.46. The van der Waals surface area contributed by atoms with Gasteiger partial charge in [0.1, 0.15) is 5.82 Å². The van der Waals surface area contributed by atoms with Crippen molar-refractivity contribution in [2.24, 2.45) is 23.7 Å². The Labute approximate surface area is 148 Å². The second-order valence-electron chi connectivity index (χ2n) is 8.64. The standard InChI is InChI=1S/C23H24N2/c1-2-4-18-14-19(6-5-17(18)3-1)23-24-7-8-25(23)22-20-10-15-9-16(12-20)13-21(22)11-15/h1-8,14-16,20-22H,9-13H2. The molecule has 4 saturated carbocycles. The van der Waals surface area contributed by atoms with Crippen molar-refractivity contribution in [3.05, 3.63) is 54.9 Å². The van der Waals surface area contributed by atoms with Crippen LogP contribution in [-0.2, 0) is 0 Å². The fourth-order valence-corrected chi connectivity index (χ4v) is 6.46. The molecule has 4 aliphatic rings. The maximum Gasteiger partial charge on any atom is 0.140 e. The van der Waals surface area contributed by atoms with Crippen LogP contribution in [0.3, 0.4) is 0 Å². The molecule has 0 amide bonds. The molecular formula is C23H24N2. The Kier molecular flexibility index (Phi) is 2.94. The van der Waals surface area contributed by atoms with Crippen LogP contribution >= 0.6 is 0 Å². The van der Waals surface area contributed by atoms with Crippen LogP contribution in [0, 0.1) is 23.7 Å². The second kappa shape index (κ2) is 5.20. The maximum atomic E-state index is 4.79. The van der Waals surface area contributed by atoms with Crippen molar-refractivity contribution in [2.75, 3.05) is 0 Å². The molecule has 2 heteroatoms. The van der Waals surface area contributed by atoms with Gasteiger partial charge < -0.3 is 4.57 Å². The number of hydrogen-bond donors (Lipinski definition) is 0. The van der Waals surface area contributed by atoms with Gasteiger partial charge in [-0.1, -0.05) is 36.4 Å². The average molecular weight is 328 g/mol. The highest BCUT2D eigenvalue weighted by Gasteiger charge is 2.49. The Morgan fingerprint density at radius 1 is 0.800 bits per heavy atom. The third-order valence-corrected chi connectivity index (χ3v) is 7.17.